The molecule has 0 saturated carbocycles. The van der Waals surface area contributed by atoms with Crippen LogP contribution in [0.4, 0.5) is 10.1 Å². The first-order valence-corrected chi connectivity index (χ1v) is 7.62. The Kier molecular flexibility index (Phi) is 5.06. The summed E-state index contributed by atoms with van der Waals surface area (Å²) in [6.07, 6.45) is 0. The third kappa shape index (κ3) is 3.53. The van der Waals surface area contributed by atoms with Crippen molar-refractivity contribution in [1.29, 1.82) is 0 Å². The fourth-order valence-corrected chi connectivity index (χ4v) is 3.05. The lowest BCUT2D eigenvalue weighted by atomic mass is 9.96. The van der Waals surface area contributed by atoms with Crippen LogP contribution in [0.3, 0.4) is 0 Å². The molecule has 0 aliphatic carbocycles. The first kappa shape index (κ1) is 15.3. The zero-order valence-corrected chi connectivity index (χ0v) is 13.7. The minimum absolute atomic E-state index is 0.107. The van der Waals surface area contributed by atoms with Crippen LogP contribution in [0.2, 0.25) is 5.02 Å². The third-order valence-corrected chi connectivity index (χ3v) is 4.06. The zero-order chi connectivity index (χ0) is 14.7. The lowest BCUT2D eigenvalue weighted by molar-refractivity contribution is 0.546. The van der Waals surface area contributed by atoms with Gasteiger partial charge in [0, 0.05) is 4.47 Å². The summed E-state index contributed by atoms with van der Waals surface area (Å²) in [7, 11) is 0. The molecule has 4 heteroatoms. The SMILES string of the molecule is CC(C)C(Nc1c(Cl)cc(F)cc1Br)c1ccccc1. The lowest BCUT2D eigenvalue weighted by Crippen LogP contribution is -2.17. The summed E-state index contributed by atoms with van der Waals surface area (Å²) < 4.78 is 13.9. The highest BCUT2D eigenvalue weighted by Crippen LogP contribution is 2.36. The van der Waals surface area contributed by atoms with E-state index in [1.165, 1.54) is 17.7 Å². The van der Waals surface area contributed by atoms with E-state index in [4.69, 9.17) is 11.6 Å². The van der Waals surface area contributed by atoms with Crippen molar-refractivity contribution >= 4 is 33.2 Å². The van der Waals surface area contributed by atoms with Gasteiger partial charge in [-0.05, 0) is 39.5 Å². The van der Waals surface area contributed by atoms with Gasteiger partial charge in [-0.3, -0.25) is 0 Å². The molecule has 0 spiro atoms. The smallest absolute Gasteiger partial charge is 0.125 e. The molecule has 20 heavy (non-hydrogen) atoms. The van der Waals surface area contributed by atoms with Gasteiger partial charge in [0.2, 0.25) is 0 Å². The molecule has 1 N–H and O–H groups in total. The molecule has 0 fully saturated rings. The van der Waals surface area contributed by atoms with Crippen molar-refractivity contribution < 1.29 is 4.39 Å². The van der Waals surface area contributed by atoms with Gasteiger partial charge in [-0.15, -0.1) is 0 Å². The van der Waals surface area contributed by atoms with E-state index in [-0.39, 0.29) is 11.9 Å². The molecule has 2 aromatic rings. The maximum absolute atomic E-state index is 13.3. The van der Waals surface area contributed by atoms with E-state index in [9.17, 15) is 4.39 Å². The maximum atomic E-state index is 13.3. The highest BCUT2D eigenvalue weighted by molar-refractivity contribution is 9.10. The van der Waals surface area contributed by atoms with E-state index in [2.05, 4.69) is 47.2 Å². The second-order valence-corrected chi connectivity index (χ2v) is 6.28. The van der Waals surface area contributed by atoms with E-state index >= 15 is 0 Å². The minimum Gasteiger partial charge on any atom is -0.376 e. The van der Waals surface area contributed by atoms with Gasteiger partial charge in [-0.25, -0.2) is 4.39 Å². The number of halogens is 3. The summed E-state index contributed by atoms with van der Waals surface area (Å²) in [5.41, 5.74) is 1.89. The highest BCUT2D eigenvalue weighted by Gasteiger charge is 2.18. The molecule has 0 heterocycles. The van der Waals surface area contributed by atoms with E-state index < -0.39 is 0 Å². The molecule has 0 bridgehead atoms. The van der Waals surface area contributed by atoms with Gasteiger partial charge in [0.1, 0.15) is 5.82 Å². The number of hydrogen-bond donors (Lipinski definition) is 1. The topological polar surface area (TPSA) is 12.0 Å². The van der Waals surface area contributed by atoms with Crippen molar-refractivity contribution in [2.75, 3.05) is 5.32 Å². The van der Waals surface area contributed by atoms with Crippen LogP contribution in [0.1, 0.15) is 25.5 Å². The van der Waals surface area contributed by atoms with Gasteiger partial charge in [-0.1, -0.05) is 55.8 Å². The van der Waals surface area contributed by atoms with E-state index in [1.807, 2.05) is 18.2 Å². The number of nitrogens with one attached hydrogen (secondary N) is 1. The standard InChI is InChI=1S/C16H16BrClFN/c1-10(2)15(11-6-4-3-5-7-11)20-16-13(17)8-12(19)9-14(16)18/h3-10,15,20H,1-2H3. The van der Waals surface area contributed by atoms with Gasteiger partial charge in [0.15, 0.2) is 0 Å². The predicted molar refractivity (Wildman–Crippen MR) is 86.8 cm³/mol. The van der Waals surface area contributed by atoms with Crippen molar-refractivity contribution in [3.63, 3.8) is 0 Å². The van der Waals surface area contributed by atoms with Crippen LogP contribution >= 0.6 is 27.5 Å². The molecule has 2 aromatic carbocycles. The molecule has 1 atom stereocenters. The number of benzene rings is 2. The normalized spacial score (nSPS) is 12.5. The molecular weight excluding hydrogens is 341 g/mol. The molecule has 0 radical (unpaired) electrons. The molecule has 0 aliphatic rings. The van der Waals surface area contributed by atoms with Crippen LogP contribution in [0.5, 0.6) is 0 Å². The first-order valence-electron chi connectivity index (χ1n) is 6.45. The molecule has 1 nitrogen and oxygen atoms in total. The summed E-state index contributed by atoms with van der Waals surface area (Å²) >= 11 is 9.50. The largest absolute Gasteiger partial charge is 0.376 e. The molecule has 106 valence electrons. The average molecular weight is 357 g/mol. The summed E-state index contributed by atoms with van der Waals surface area (Å²) in [5.74, 6) is 0.0126. The Morgan fingerprint density at radius 1 is 1.15 bits per heavy atom. The van der Waals surface area contributed by atoms with Crippen molar-refractivity contribution in [3.05, 3.63) is 63.3 Å². The zero-order valence-electron chi connectivity index (χ0n) is 11.3. The second-order valence-electron chi connectivity index (χ2n) is 5.02. The Hall–Kier alpha value is -1.06. The van der Waals surface area contributed by atoms with Crippen LogP contribution in [0.15, 0.2) is 46.9 Å². The fourth-order valence-electron chi connectivity index (χ4n) is 2.13. The van der Waals surface area contributed by atoms with Crippen LogP contribution < -0.4 is 5.32 Å². The molecular formula is C16H16BrClFN. The quantitative estimate of drug-likeness (QED) is 0.703. The summed E-state index contributed by atoms with van der Waals surface area (Å²) in [6, 6.07) is 13.0. The molecule has 2 rings (SSSR count). The third-order valence-electron chi connectivity index (χ3n) is 3.13. The Labute approximate surface area is 132 Å². The number of hydrogen-bond acceptors (Lipinski definition) is 1. The van der Waals surface area contributed by atoms with Gasteiger partial charge in [-0.2, -0.15) is 0 Å². The van der Waals surface area contributed by atoms with E-state index in [0.717, 1.165) is 5.69 Å². The van der Waals surface area contributed by atoms with Crippen LogP contribution in [0.25, 0.3) is 0 Å². The summed E-state index contributed by atoms with van der Waals surface area (Å²) in [5, 5.41) is 3.79. The molecule has 0 aliphatic heterocycles. The fraction of sp³-hybridized carbons (Fsp3) is 0.250. The van der Waals surface area contributed by atoms with Crippen molar-refractivity contribution in [2.24, 2.45) is 5.92 Å². The Bertz CT molecular complexity index is 563. The molecule has 0 aromatic heterocycles. The Morgan fingerprint density at radius 2 is 1.80 bits per heavy atom. The van der Waals surface area contributed by atoms with Gasteiger partial charge in [0.05, 0.1) is 16.8 Å². The van der Waals surface area contributed by atoms with Crippen LogP contribution in [-0.2, 0) is 0 Å². The Balaban J connectivity index is 2.35. The maximum Gasteiger partial charge on any atom is 0.125 e. The van der Waals surface area contributed by atoms with Gasteiger partial charge < -0.3 is 5.32 Å². The number of anilines is 1. The van der Waals surface area contributed by atoms with Crippen LogP contribution in [-0.4, -0.2) is 0 Å². The van der Waals surface area contributed by atoms with Crippen LogP contribution in [0, 0.1) is 11.7 Å². The first-order chi connectivity index (χ1) is 9.49. The predicted octanol–water partition coefficient (Wildman–Crippen LogP) is 6.05. The second kappa shape index (κ2) is 6.59. The van der Waals surface area contributed by atoms with E-state index in [0.29, 0.717) is 15.4 Å². The highest BCUT2D eigenvalue weighted by atomic mass is 79.9. The summed E-state index contributed by atoms with van der Waals surface area (Å²) in [6.45, 7) is 4.27. The van der Waals surface area contributed by atoms with Crippen molar-refractivity contribution in [2.45, 2.75) is 19.9 Å². The average Bonchev–Trinajstić information content (AvgIpc) is 2.38. The summed E-state index contributed by atoms with van der Waals surface area (Å²) in [4.78, 5) is 0. The van der Waals surface area contributed by atoms with Crippen molar-refractivity contribution in [3.8, 4) is 0 Å². The Morgan fingerprint density at radius 3 is 2.35 bits per heavy atom. The molecule has 0 saturated heterocycles. The van der Waals surface area contributed by atoms with Gasteiger partial charge >= 0.3 is 0 Å². The molecule has 0 amide bonds. The number of rotatable bonds is 4. The lowest BCUT2D eigenvalue weighted by Gasteiger charge is -2.25. The monoisotopic (exact) mass is 355 g/mol. The van der Waals surface area contributed by atoms with E-state index in [1.54, 1.807) is 0 Å². The van der Waals surface area contributed by atoms with Gasteiger partial charge in [0.25, 0.3) is 0 Å². The van der Waals surface area contributed by atoms with Crippen molar-refractivity contribution in [1.82, 2.24) is 0 Å². The minimum atomic E-state index is -0.353. The molecule has 1 unspecified atom stereocenters.